The van der Waals surface area contributed by atoms with Crippen molar-refractivity contribution < 1.29 is 10.2 Å². The highest BCUT2D eigenvalue weighted by molar-refractivity contribution is 5.00. The van der Waals surface area contributed by atoms with E-state index in [-0.39, 0.29) is 13.2 Å². The number of hydrogen-bond donors (Lipinski definition) is 3. The number of aliphatic hydroxyl groups excluding tert-OH is 2. The summed E-state index contributed by atoms with van der Waals surface area (Å²) >= 11 is 0. The normalized spacial score (nSPS) is 12.0. The van der Waals surface area contributed by atoms with Crippen molar-refractivity contribution in [3.05, 3.63) is 18.2 Å². The number of nitrogens with zero attached hydrogens (tertiary/aromatic N) is 2. The molecule has 1 heterocycles. The molecule has 0 aliphatic carbocycles. The van der Waals surface area contributed by atoms with Crippen molar-refractivity contribution in [2.45, 2.75) is 45.3 Å². The molecule has 1 aromatic rings. The van der Waals surface area contributed by atoms with Crippen LogP contribution in [0.4, 0.5) is 0 Å². The SMILES string of the molecule is CCCn1cncc1CNC(CC)(CO)CO. The molecule has 5 heteroatoms. The average Bonchev–Trinajstić information content (AvgIpc) is 2.80. The van der Waals surface area contributed by atoms with Gasteiger partial charge in [0.25, 0.3) is 0 Å². The van der Waals surface area contributed by atoms with Gasteiger partial charge in [0.2, 0.25) is 0 Å². The van der Waals surface area contributed by atoms with E-state index in [0.29, 0.717) is 13.0 Å². The Morgan fingerprint density at radius 2 is 2.06 bits per heavy atom. The van der Waals surface area contributed by atoms with Crippen LogP contribution in [0.1, 0.15) is 32.4 Å². The molecule has 98 valence electrons. The van der Waals surface area contributed by atoms with E-state index in [1.165, 1.54) is 0 Å². The maximum absolute atomic E-state index is 9.33. The number of nitrogens with one attached hydrogen (secondary N) is 1. The Morgan fingerprint density at radius 3 is 2.59 bits per heavy atom. The molecular formula is C12H23N3O2. The summed E-state index contributed by atoms with van der Waals surface area (Å²) in [5, 5.41) is 21.9. The highest BCUT2D eigenvalue weighted by Gasteiger charge is 2.25. The zero-order valence-electron chi connectivity index (χ0n) is 10.7. The fourth-order valence-electron chi connectivity index (χ4n) is 1.73. The molecule has 0 unspecified atom stereocenters. The monoisotopic (exact) mass is 241 g/mol. The van der Waals surface area contributed by atoms with Crippen LogP contribution in [0.15, 0.2) is 12.5 Å². The molecule has 3 N–H and O–H groups in total. The van der Waals surface area contributed by atoms with Crippen molar-refractivity contribution in [2.24, 2.45) is 0 Å². The van der Waals surface area contributed by atoms with E-state index >= 15 is 0 Å². The van der Waals surface area contributed by atoms with Crippen LogP contribution in [0.5, 0.6) is 0 Å². The second kappa shape index (κ2) is 6.74. The van der Waals surface area contributed by atoms with Crippen molar-refractivity contribution in [3.63, 3.8) is 0 Å². The Morgan fingerprint density at radius 1 is 1.35 bits per heavy atom. The summed E-state index contributed by atoms with van der Waals surface area (Å²) in [6, 6.07) is 0. The van der Waals surface area contributed by atoms with Gasteiger partial charge in [0.1, 0.15) is 0 Å². The molecule has 0 atom stereocenters. The summed E-state index contributed by atoms with van der Waals surface area (Å²) in [6.07, 6.45) is 5.37. The summed E-state index contributed by atoms with van der Waals surface area (Å²) in [5.74, 6) is 0. The van der Waals surface area contributed by atoms with Gasteiger partial charge in [0.05, 0.1) is 30.8 Å². The lowest BCUT2D eigenvalue weighted by Crippen LogP contribution is -2.51. The van der Waals surface area contributed by atoms with Crippen LogP contribution in [0.25, 0.3) is 0 Å². The van der Waals surface area contributed by atoms with Crippen LogP contribution in [0.2, 0.25) is 0 Å². The van der Waals surface area contributed by atoms with Crippen LogP contribution in [-0.4, -0.2) is 38.5 Å². The van der Waals surface area contributed by atoms with Gasteiger partial charge in [0.15, 0.2) is 0 Å². The Balaban J connectivity index is 2.62. The van der Waals surface area contributed by atoms with Gasteiger partial charge >= 0.3 is 0 Å². The minimum Gasteiger partial charge on any atom is -0.394 e. The average molecular weight is 241 g/mol. The third-order valence-electron chi connectivity index (χ3n) is 3.19. The Hall–Kier alpha value is -0.910. The van der Waals surface area contributed by atoms with E-state index in [9.17, 15) is 10.2 Å². The molecule has 5 nitrogen and oxygen atoms in total. The highest BCUT2D eigenvalue weighted by Crippen LogP contribution is 2.10. The summed E-state index contributed by atoms with van der Waals surface area (Å²) in [5.41, 5.74) is 0.480. The van der Waals surface area contributed by atoms with E-state index in [1.54, 1.807) is 0 Å². The maximum atomic E-state index is 9.33. The molecular weight excluding hydrogens is 218 g/mol. The fourth-order valence-corrected chi connectivity index (χ4v) is 1.73. The lowest BCUT2D eigenvalue weighted by atomic mass is 9.98. The quantitative estimate of drug-likeness (QED) is 0.620. The van der Waals surface area contributed by atoms with Gasteiger partial charge in [-0.15, -0.1) is 0 Å². The van der Waals surface area contributed by atoms with Gasteiger partial charge in [-0.3, -0.25) is 0 Å². The number of rotatable bonds is 8. The predicted molar refractivity (Wildman–Crippen MR) is 66.6 cm³/mol. The van der Waals surface area contributed by atoms with E-state index in [1.807, 2.05) is 19.4 Å². The van der Waals surface area contributed by atoms with Crippen LogP contribution in [0.3, 0.4) is 0 Å². The largest absolute Gasteiger partial charge is 0.394 e. The molecule has 0 saturated carbocycles. The maximum Gasteiger partial charge on any atom is 0.0948 e. The van der Waals surface area contributed by atoms with Crippen LogP contribution < -0.4 is 5.32 Å². The molecule has 0 aliphatic rings. The van der Waals surface area contributed by atoms with Crippen molar-refractivity contribution in [2.75, 3.05) is 13.2 Å². The zero-order chi connectivity index (χ0) is 12.7. The summed E-state index contributed by atoms with van der Waals surface area (Å²) in [7, 11) is 0. The third-order valence-corrected chi connectivity index (χ3v) is 3.19. The molecule has 1 rings (SSSR count). The van der Waals surface area contributed by atoms with Gasteiger partial charge in [-0.25, -0.2) is 4.98 Å². The molecule has 0 bridgehead atoms. The molecule has 0 fully saturated rings. The molecule has 0 amide bonds. The smallest absolute Gasteiger partial charge is 0.0948 e. The molecule has 0 spiro atoms. The topological polar surface area (TPSA) is 70.3 Å². The van der Waals surface area contributed by atoms with E-state index in [2.05, 4.69) is 21.8 Å². The van der Waals surface area contributed by atoms with Gasteiger partial charge in [0, 0.05) is 19.3 Å². The Bertz CT molecular complexity index is 313. The van der Waals surface area contributed by atoms with E-state index in [0.717, 1.165) is 18.7 Å². The van der Waals surface area contributed by atoms with Crippen molar-refractivity contribution in [3.8, 4) is 0 Å². The molecule has 0 aromatic carbocycles. The number of hydrogen-bond acceptors (Lipinski definition) is 4. The number of aromatic nitrogens is 2. The molecule has 0 aliphatic heterocycles. The minimum atomic E-state index is -0.596. The first-order valence-electron chi connectivity index (χ1n) is 6.17. The first kappa shape index (κ1) is 14.2. The molecule has 1 aromatic heterocycles. The van der Waals surface area contributed by atoms with Crippen LogP contribution in [-0.2, 0) is 13.1 Å². The predicted octanol–water partition coefficient (Wildman–Crippen LogP) is 0.516. The van der Waals surface area contributed by atoms with E-state index in [4.69, 9.17) is 0 Å². The molecule has 0 radical (unpaired) electrons. The second-order valence-corrected chi connectivity index (χ2v) is 4.38. The zero-order valence-corrected chi connectivity index (χ0v) is 10.7. The first-order chi connectivity index (χ1) is 8.21. The van der Waals surface area contributed by atoms with Crippen LogP contribution in [0, 0.1) is 0 Å². The summed E-state index contributed by atoms with van der Waals surface area (Å²) < 4.78 is 2.09. The number of imidazole rings is 1. The fraction of sp³-hybridized carbons (Fsp3) is 0.750. The summed E-state index contributed by atoms with van der Waals surface area (Å²) in [4.78, 5) is 4.12. The van der Waals surface area contributed by atoms with Gasteiger partial charge in [-0.1, -0.05) is 13.8 Å². The first-order valence-corrected chi connectivity index (χ1v) is 6.17. The lowest BCUT2D eigenvalue weighted by Gasteiger charge is -2.30. The van der Waals surface area contributed by atoms with Gasteiger partial charge < -0.3 is 20.1 Å². The van der Waals surface area contributed by atoms with Crippen molar-refractivity contribution >= 4 is 0 Å². The third kappa shape index (κ3) is 3.52. The Labute approximate surface area is 102 Å². The van der Waals surface area contributed by atoms with Crippen molar-refractivity contribution in [1.82, 2.24) is 14.9 Å². The number of aliphatic hydroxyl groups is 2. The highest BCUT2D eigenvalue weighted by atomic mass is 16.3. The summed E-state index contributed by atoms with van der Waals surface area (Å²) in [6.45, 7) is 5.48. The second-order valence-electron chi connectivity index (χ2n) is 4.38. The lowest BCUT2D eigenvalue weighted by molar-refractivity contribution is 0.0858. The minimum absolute atomic E-state index is 0.0675. The van der Waals surface area contributed by atoms with Crippen molar-refractivity contribution in [1.29, 1.82) is 0 Å². The van der Waals surface area contributed by atoms with Crippen LogP contribution >= 0.6 is 0 Å². The van der Waals surface area contributed by atoms with Gasteiger partial charge in [-0.2, -0.15) is 0 Å². The number of aryl methyl sites for hydroxylation is 1. The molecule has 17 heavy (non-hydrogen) atoms. The Kier molecular flexibility index (Phi) is 5.61. The van der Waals surface area contributed by atoms with Gasteiger partial charge in [-0.05, 0) is 12.8 Å². The standard InChI is InChI=1S/C12H23N3O2/c1-3-5-15-10-13-6-11(15)7-14-12(4-2,8-16)9-17/h6,10,14,16-17H,3-5,7-9H2,1-2H3. The van der Waals surface area contributed by atoms with E-state index < -0.39 is 5.54 Å². The molecule has 0 saturated heterocycles.